The van der Waals surface area contributed by atoms with Crippen molar-refractivity contribution in [1.82, 2.24) is 15.5 Å². The van der Waals surface area contributed by atoms with Crippen LogP contribution >= 0.6 is 0 Å². The molecule has 2 rings (SSSR count). The van der Waals surface area contributed by atoms with Gasteiger partial charge in [-0.2, -0.15) is 0 Å². The van der Waals surface area contributed by atoms with Gasteiger partial charge in [0.1, 0.15) is 6.04 Å². The SMILES string of the molecule is CCC1CCC(C)N1C(=O)C1CNC(=O)CN1. The number of likely N-dealkylation sites (tertiary alicyclic amines) is 1. The molecule has 0 bridgehead atoms. The Morgan fingerprint density at radius 1 is 1.47 bits per heavy atom. The van der Waals surface area contributed by atoms with Crippen LogP contribution in [0.5, 0.6) is 0 Å². The Morgan fingerprint density at radius 3 is 2.82 bits per heavy atom. The van der Waals surface area contributed by atoms with Crippen molar-refractivity contribution in [3.8, 4) is 0 Å². The van der Waals surface area contributed by atoms with Gasteiger partial charge in [-0.15, -0.1) is 0 Å². The summed E-state index contributed by atoms with van der Waals surface area (Å²) in [4.78, 5) is 25.4. The molecule has 3 unspecified atom stereocenters. The Bertz CT molecular complexity index is 309. The number of hydrogen-bond donors (Lipinski definition) is 2. The standard InChI is InChI=1S/C12H21N3O2/c1-3-9-5-4-8(2)15(9)12(17)10-6-14-11(16)7-13-10/h8-10,13H,3-7H2,1-2H3,(H,14,16). The molecular weight excluding hydrogens is 218 g/mol. The molecule has 0 aliphatic carbocycles. The summed E-state index contributed by atoms with van der Waals surface area (Å²) in [5.41, 5.74) is 0. The summed E-state index contributed by atoms with van der Waals surface area (Å²) in [5.74, 6) is 0.109. The zero-order chi connectivity index (χ0) is 12.4. The second kappa shape index (κ2) is 5.04. The fourth-order valence-corrected chi connectivity index (χ4v) is 2.79. The molecule has 0 aromatic carbocycles. The summed E-state index contributed by atoms with van der Waals surface area (Å²) in [6.45, 7) is 4.89. The third kappa shape index (κ3) is 2.44. The zero-order valence-electron chi connectivity index (χ0n) is 10.5. The Kier molecular flexibility index (Phi) is 3.66. The maximum Gasteiger partial charge on any atom is 0.242 e. The van der Waals surface area contributed by atoms with Gasteiger partial charge in [0.25, 0.3) is 0 Å². The van der Waals surface area contributed by atoms with Gasteiger partial charge in [0.15, 0.2) is 0 Å². The van der Waals surface area contributed by atoms with Gasteiger partial charge in [0.2, 0.25) is 11.8 Å². The van der Waals surface area contributed by atoms with E-state index in [1.165, 1.54) is 0 Å². The molecule has 0 saturated carbocycles. The fourth-order valence-electron chi connectivity index (χ4n) is 2.79. The summed E-state index contributed by atoms with van der Waals surface area (Å²) in [7, 11) is 0. The first-order valence-electron chi connectivity index (χ1n) is 6.45. The highest BCUT2D eigenvalue weighted by Gasteiger charge is 2.37. The minimum atomic E-state index is -0.248. The van der Waals surface area contributed by atoms with E-state index in [0.717, 1.165) is 19.3 Å². The monoisotopic (exact) mass is 239 g/mol. The van der Waals surface area contributed by atoms with E-state index in [-0.39, 0.29) is 24.4 Å². The molecule has 2 aliphatic heterocycles. The highest BCUT2D eigenvalue weighted by Crippen LogP contribution is 2.26. The molecule has 5 heteroatoms. The van der Waals surface area contributed by atoms with E-state index in [9.17, 15) is 9.59 Å². The van der Waals surface area contributed by atoms with E-state index >= 15 is 0 Å². The maximum atomic E-state index is 12.4. The van der Waals surface area contributed by atoms with Crippen molar-refractivity contribution in [2.75, 3.05) is 13.1 Å². The fraction of sp³-hybridized carbons (Fsp3) is 0.833. The lowest BCUT2D eigenvalue weighted by molar-refractivity contribution is -0.137. The highest BCUT2D eigenvalue weighted by atomic mass is 16.2. The average Bonchev–Trinajstić information content (AvgIpc) is 2.70. The molecule has 2 N–H and O–H groups in total. The van der Waals surface area contributed by atoms with Gasteiger partial charge < -0.3 is 10.2 Å². The highest BCUT2D eigenvalue weighted by molar-refractivity contribution is 5.87. The van der Waals surface area contributed by atoms with E-state index in [0.29, 0.717) is 18.6 Å². The van der Waals surface area contributed by atoms with Gasteiger partial charge in [0, 0.05) is 18.6 Å². The predicted octanol–water partition coefficient (Wildman–Crippen LogP) is -0.136. The average molecular weight is 239 g/mol. The van der Waals surface area contributed by atoms with Crippen LogP contribution in [0.15, 0.2) is 0 Å². The van der Waals surface area contributed by atoms with Gasteiger partial charge >= 0.3 is 0 Å². The lowest BCUT2D eigenvalue weighted by atomic mass is 10.1. The molecule has 0 aromatic heterocycles. The molecule has 2 aliphatic rings. The quantitative estimate of drug-likeness (QED) is 0.705. The van der Waals surface area contributed by atoms with Crippen LogP contribution < -0.4 is 10.6 Å². The van der Waals surface area contributed by atoms with Crippen LogP contribution in [0.4, 0.5) is 0 Å². The molecular formula is C12H21N3O2. The van der Waals surface area contributed by atoms with E-state index < -0.39 is 0 Å². The maximum absolute atomic E-state index is 12.4. The lowest BCUT2D eigenvalue weighted by Gasteiger charge is -2.33. The van der Waals surface area contributed by atoms with Crippen LogP contribution in [0.1, 0.15) is 33.1 Å². The summed E-state index contributed by atoms with van der Waals surface area (Å²) in [6, 6.07) is 0.450. The van der Waals surface area contributed by atoms with E-state index in [1.54, 1.807) is 0 Å². The van der Waals surface area contributed by atoms with Crippen LogP contribution in [0.25, 0.3) is 0 Å². The molecule has 17 heavy (non-hydrogen) atoms. The topological polar surface area (TPSA) is 61.4 Å². The number of rotatable bonds is 2. The number of carbonyl (C=O) groups is 2. The predicted molar refractivity (Wildman–Crippen MR) is 64.4 cm³/mol. The van der Waals surface area contributed by atoms with Crippen molar-refractivity contribution in [3.05, 3.63) is 0 Å². The van der Waals surface area contributed by atoms with E-state index in [2.05, 4.69) is 24.5 Å². The number of nitrogens with zero attached hydrogens (tertiary/aromatic N) is 1. The first-order chi connectivity index (χ1) is 8.13. The Labute approximate surface area is 102 Å². The molecule has 96 valence electrons. The Hall–Kier alpha value is -1.10. The third-order valence-corrected chi connectivity index (χ3v) is 3.82. The molecule has 0 aromatic rings. The second-order valence-electron chi connectivity index (χ2n) is 4.97. The van der Waals surface area contributed by atoms with E-state index in [4.69, 9.17) is 0 Å². The first kappa shape index (κ1) is 12.4. The number of hydrogen-bond acceptors (Lipinski definition) is 3. The van der Waals surface area contributed by atoms with Crippen molar-refractivity contribution in [1.29, 1.82) is 0 Å². The van der Waals surface area contributed by atoms with Gasteiger partial charge in [-0.3, -0.25) is 14.9 Å². The summed E-state index contributed by atoms with van der Waals surface area (Å²) in [5, 5.41) is 5.74. The van der Waals surface area contributed by atoms with Crippen molar-refractivity contribution in [2.45, 2.75) is 51.2 Å². The smallest absolute Gasteiger partial charge is 0.242 e. The molecule has 3 atom stereocenters. The van der Waals surface area contributed by atoms with Gasteiger partial charge in [-0.1, -0.05) is 6.92 Å². The normalized spacial score (nSPS) is 33.6. The molecule has 2 saturated heterocycles. The minimum absolute atomic E-state index is 0.0319. The summed E-state index contributed by atoms with van der Waals surface area (Å²) < 4.78 is 0. The van der Waals surface area contributed by atoms with Crippen molar-refractivity contribution in [2.24, 2.45) is 0 Å². The van der Waals surface area contributed by atoms with Crippen LogP contribution in [-0.2, 0) is 9.59 Å². The summed E-state index contributed by atoms with van der Waals surface area (Å²) in [6.07, 6.45) is 3.20. The van der Waals surface area contributed by atoms with Gasteiger partial charge in [-0.05, 0) is 26.2 Å². The molecule has 2 heterocycles. The van der Waals surface area contributed by atoms with Crippen LogP contribution in [0.3, 0.4) is 0 Å². The minimum Gasteiger partial charge on any atom is -0.353 e. The number of amides is 2. The Balaban J connectivity index is 2.00. The molecule has 0 spiro atoms. The molecule has 2 fully saturated rings. The van der Waals surface area contributed by atoms with Crippen molar-refractivity contribution >= 4 is 11.8 Å². The van der Waals surface area contributed by atoms with Gasteiger partial charge in [-0.25, -0.2) is 0 Å². The number of nitrogens with one attached hydrogen (secondary N) is 2. The van der Waals surface area contributed by atoms with E-state index in [1.807, 2.05) is 4.90 Å². The van der Waals surface area contributed by atoms with Crippen LogP contribution in [0, 0.1) is 0 Å². The van der Waals surface area contributed by atoms with Crippen LogP contribution in [0.2, 0.25) is 0 Å². The van der Waals surface area contributed by atoms with Crippen LogP contribution in [-0.4, -0.2) is 47.9 Å². The third-order valence-electron chi connectivity index (χ3n) is 3.82. The number of carbonyl (C=O) groups excluding carboxylic acids is 2. The Morgan fingerprint density at radius 2 is 2.24 bits per heavy atom. The van der Waals surface area contributed by atoms with Gasteiger partial charge in [0.05, 0.1) is 6.54 Å². The molecule has 5 nitrogen and oxygen atoms in total. The largest absolute Gasteiger partial charge is 0.353 e. The first-order valence-corrected chi connectivity index (χ1v) is 6.45. The molecule has 2 amide bonds. The lowest BCUT2D eigenvalue weighted by Crippen LogP contribution is -2.60. The molecule has 0 radical (unpaired) electrons. The van der Waals surface area contributed by atoms with Crippen molar-refractivity contribution in [3.63, 3.8) is 0 Å². The number of piperazine rings is 1. The zero-order valence-corrected chi connectivity index (χ0v) is 10.5. The van der Waals surface area contributed by atoms with Crippen molar-refractivity contribution < 1.29 is 9.59 Å². The second-order valence-corrected chi connectivity index (χ2v) is 4.97. The summed E-state index contributed by atoms with van der Waals surface area (Å²) >= 11 is 0.